The summed E-state index contributed by atoms with van der Waals surface area (Å²) in [6, 6.07) is 12.9. The third-order valence-electron chi connectivity index (χ3n) is 3.34. The molecule has 4 N–H and O–H groups in total. The summed E-state index contributed by atoms with van der Waals surface area (Å²) in [6.07, 6.45) is 0.232. The Morgan fingerprint density at radius 1 is 1.17 bits per heavy atom. The highest BCUT2D eigenvalue weighted by molar-refractivity contribution is 6.06. The molecule has 1 atom stereocenters. The van der Waals surface area contributed by atoms with E-state index in [4.69, 9.17) is 15.6 Å². The lowest BCUT2D eigenvalue weighted by Gasteiger charge is -2.10. The van der Waals surface area contributed by atoms with Crippen molar-refractivity contribution in [1.82, 2.24) is 0 Å². The van der Waals surface area contributed by atoms with Crippen LogP contribution in [0.5, 0.6) is 5.75 Å². The summed E-state index contributed by atoms with van der Waals surface area (Å²) in [5.41, 5.74) is 7.32. The number of benzene rings is 2. The Morgan fingerprint density at radius 2 is 1.83 bits per heavy atom. The number of amides is 1. The SMILES string of the molecule is COc1ccccc1C(=O)Nc1ccc(CC(N)C(=O)O)cc1. The molecule has 0 bridgehead atoms. The highest BCUT2D eigenvalue weighted by Gasteiger charge is 2.13. The number of para-hydroxylation sites is 1. The molecule has 2 aromatic rings. The third kappa shape index (κ3) is 4.31. The largest absolute Gasteiger partial charge is 0.496 e. The zero-order valence-electron chi connectivity index (χ0n) is 12.7. The van der Waals surface area contributed by atoms with E-state index in [1.165, 1.54) is 7.11 Å². The number of ether oxygens (including phenoxy) is 1. The second-order valence-corrected chi connectivity index (χ2v) is 5.00. The molecule has 0 saturated heterocycles. The highest BCUT2D eigenvalue weighted by atomic mass is 16.5. The fourth-order valence-corrected chi connectivity index (χ4v) is 2.10. The average Bonchev–Trinajstić information content (AvgIpc) is 2.56. The summed E-state index contributed by atoms with van der Waals surface area (Å²) in [5.74, 6) is -0.829. The van der Waals surface area contributed by atoms with E-state index in [0.717, 1.165) is 5.56 Å². The lowest BCUT2D eigenvalue weighted by atomic mass is 10.1. The van der Waals surface area contributed by atoms with Gasteiger partial charge in [0.1, 0.15) is 11.8 Å². The maximum absolute atomic E-state index is 12.3. The molecule has 2 aromatic carbocycles. The van der Waals surface area contributed by atoms with Gasteiger partial charge >= 0.3 is 5.97 Å². The van der Waals surface area contributed by atoms with Crippen molar-refractivity contribution in [1.29, 1.82) is 0 Å². The van der Waals surface area contributed by atoms with Crippen molar-refractivity contribution >= 4 is 17.6 Å². The maximum atomic E-state index is 12.3. The molecule has 0 saturated carbocycles. The van der Waals surface area contributed by atoms with Crippen LogP contribution in [0, 0.1) is 0 Å². The number of aliphatic carboxylic acids is 1. The second-order valence-electron chi connectivity index (χ2n) is 5.00. The molecule has 120 valence electrons. The summed E-state index contributed by atoms with van der Waals surface area (Å²) in [5, 5.41) is 11.6. The fraction of sp³-hybridized carbons (Fsp3) is 0.176. The van der Waals surface area contributed by atoms with E-state index >= 15 is 0 Å². The first-order chi connectivity index (χ1) is 11.0. The predicted octanol–water partition coefficient (Wildman–Crippen LogP) is 1.90. The Morgan fingerprint density at radius 3 is 2.43 bits per heavy atom. The number of anilines is 1. The maximum Gasteiger partial charge on any atom is 0.320 e. The van der Waals surface area contributed by atoms with Gasteiger partial charge in [-0.2, -0.15) is 0 Å². The Labute approximate surface area is 133 Å². The number of methoxy groups -OCH3 is 1. The van der Waals surface area contributed by atoms with Gasteiger partial charge in [0.15, 0.2) is 0 Å². The standard InChI is InChI=1S/C17H18N2O4/c1-23-15-5-3-2-4-13(15)16(20)19-12-8-6-11(7-9-12)10-14(18)17(21)22/h2-9,14H,10,18H2,1H3,(H,19,20)(H,21,22). The van der Waals surface area contributed by atoms with Gasteiger partial charge in [0.2, 0.25) is 0 Å². The number of nitrogens with two attached hydrogens (primary N) is 1. The molecule has 0 aliphatic carbocycles. The topological polar surface area (TPSA) is 102 Å². The van der Waals surface area contributed by atoms with Gasteiger partial charge in [-0.05, 0) is 36.2 Å². The van der Waals surface area contributed by atoms with E-state index in [9.17, 15) is 9.59 Å². The molecule has 6 nitrogen and oxygen atoms in total. The predicted molar refractivity (Wildman–Crippen MR) is 86.7 cm³/mol. The molecule has 0 aliphatic heterocycles. The molecule has 23 heavy (non-hydrogen) atoms. The van der Waals surface area contributed by atoms with Gasteiger partial charge in [-0.1, -0.05) is 24.3 Å². The van der Waals surface area contributed by atoms with Crippen molar-refractivity contribution in [2.75, 3.05) is 12.4 Å². The zero-order chi connectivity index (χ0) is 16.8. The summed E-state index contributed by atoms with van der Waals surface area (Å²) in [7, 11) is 1.51. The number of hydrogen-bond acceptors (Lipinski definition) is 4. The van der Waals surface area contributed by atoms with Crippen molar-refractivity contribution in [3.05, 3.63) is 59.7 Å². The highest BCUT2D eigenvalue weighted by Crippen LogP contribution is 2.19. The van der Waals surface area contributed by atoms with Crippen LogP contribution in [0.15, 0.2) is 48.5 Å². The lowest BCUT2D eigenvalue weighted by Crippen LogP contribution is -2.32. The Hall–Kier alpha value is -2.86. The quantitative estimate of drug-likeness (QED) is 0.756. The van der Waals surface area contributed by atoms with Gasteiger partial charge in [-0.3, -0.25) is 9.59 Å². The van der Waals surface area contributed by atoms with Crippen LogP contribution in [0.25, 0.3) is 0 Å². The summed E-state index contributed by atoms with van der Waals surface area (Å²) < 4.78 is 5.16. The molecule has 0 heterocycles. The number of rotatable bonds is 6. The summed E-state index contributed by atoms with van der Waals surface area (Å²) >= 11 is 0. The van der Waals surface area contributed by atoms with Gasteiger partial charge in [0.05, 0.1) is 12.7 Å². The molecule has 0 spiro atoms. The molecule has 6 heteroatoms. The number of hydrogen-bond donors (Lipinski definition) is 3. The van der Waals surface area contributed by atoms with Crippen LogP contribution in [0.1, 0.15) is 15.9 Å². The van der Waals surface area contributed by atoms with Crippen LogP contribution in [-0.4, -0.2) is 30.1 Å². The van der Waals surface area contributed by atoms with E-state index in [-0.39, 0.29) is 12.3 Å². The zero-order valence-corrected chi connectivity index (χ0v) is 12.7. The fourth-order valence-electron chi connectivity index (χ4n) is 2.10. The number of carbonyl (C=O) groups is 2. The van der Waals surface area contributed by atoms with Gasteiger partial charge in [0.25, 0.3) is 5.91 Å². The minimum absolute atomic E-state index is 0.232. The Balaban J connectivity index is 2.06. The van der Waals surface area contributed by atoms with Gasteiger partial charge < -0.3 is 20.9 Å². The number of carboxylic acids is 1. The van der Waals surface area contributed by atoms with Crippen molar-refractivity contribution in [2.45, 2.75) is 12.5 Å². The van der Waals surface area contributed by atoms with Crippen molar-refractivity contribution in [3.8, 4) is 5.75 Å². The van der Waals surface area contributed by atoms with Gasteiger partial charge in [0, 0.05) is 5.69 Å². The minimum Gasteiger partial charge on any atom is -0.496 e. The van der Waals surface area contributed by atoms with Crippen molar-refractivity contribution in [3.63, 3.8) is 0 Å². The van der Waals surface area contributed by atoms with Gasteiger partial charge in [-0.15, -0.1) is 0 Å². The first-order valence-corrected chi connectivity index (χ1v) is 7.03. The van der Waals surface area contributed by atoms with Crippen LogP contribution in [0.2, 0.25) is 0 Å². The second kappa shape index (κ2) is 7.42. The molecule has 1 amide bonds. The molecular formula is C17H18N2O4. The average molecular weight is 314 g/mol. The molecule has 0 fully saturated rings. The monoisotopic (exact) mass is 314 g/mol. The summed E-state index contributed by atoms with van der Waals surface area (Å²) in [6.45, 7) is 0. The van der Waals surface area contributed by atoms with Crippen LogP contribution in [0.4, 0.5) is 5.69 Å². The van der Waals surface area contributed by atoms with Crippen LogP contribution in [0.3, 0.4) is 0 Å². The minimum atomic E-state index is -1.04. The van der Waals surface area contributed by atoms with E-state index in [0.29, 0.717) is 17.0 Å². The first-order valence-electron chi connectivity index (χ1n) is 7.03. The third-order valence-corrected chi connectivity index (χ3v) is 3.34. The van der Waals surface area contributed by atoms with E-state index < -0.39 is 12.0 Å². The molecular weight excluding hydrogens is 296 g/mol. The van der Waals surface area contributed by atoms with E-state index in [1.54, 1.807) is 48.5 Å². The number of nitrogens with one attached hydrogen (secondary N) is 1. The summed E-state index contributed by atoms with van der Waals surface area (Å²) in [4.78, 5) is 23.0. The van der Waals surface area contributed by atoms with Gasteiger partial charge in [-0.25, -0.2) is 0 Å². The van der Waals surface area contributed by atoms with Crippen molar-refractivity contribution < 1.29 is 19.4 Å². The normalized spacial score (nSPS) is 11.6. The smallest absolute Gasteiger partial charge is 0.320 e. The molecule has 2 rings (SSSR count). The Kier molecular flexibility index (Phi) is 5.32. The number of carbonyl (C=O) groups excluding carboxylic acids is 1. The molecule has 0 aliphatic rings. The first kappa shape index (κ1) is 16.5. The molecule has 1 unspecified atom stereocenters. The van der Waals surface area contributed by atoms with Crippen LogP contribution >= 0.6 is 0 Å². The van der Waals surface area contributed by atoms with E-state index in [1.807, 2.05) is 0 Å². The van der Waals surface area contributed by atoms with Crippen LogP contribution in [-0.2, 0) is 11.2 Å². The molecule has 0 aromatic heterocycles. The lowest BCUT2D eigenvalue weighted by molar-refractivity contribution is -0.138. The molecule has 0 radical (unpaired) electrons. The Bertz CT molecular complexity index is 698. The van der Waals surface area contributed by atoms with Crippen molar-refractivity contribution in [2.24, 2.45) is 5.73 Å². The number of carboxylic acid groups (broad SMARTS) is 1. The van der Waals surface area contributed by atoms with E-state index in [2.05, 4.69) is 5.32 Å². The van der Waals surface area contributed by atoms with Crippen LogP contribution < -0.4 is 15.8 Å².